The normalized spacial score (nSPS) is 23.0. The first-order valence-corrected chi connectivity index (χ1v) is 7.74. The summed E-state index contributed by atoms with van der Waals surface area (Å²) >= 11 is 0. The molecule has 2 amide bonds. The highest BCUT2D eigenvalue weighted by Crippen LogP contribution is 2.48. The van der Waals surface area contributed by atoms with Crippen LogP contribution in [-0.4, -0.2) is 42.7 Å². The molecule has 0 radical (unpaired) electrons. The fraction of sp³-hybridized carbons (Fsp3) is 0.529. The van der Waals surface area contributed by atoms with Crippen LogP contribution in [0, 0.1) is 0 Å². The Morgan fingerprint density at radius 1 is 1.35 bits per heavy atom. The van der Waals surface area contributed by atoms with Crippen molar-refractivity contribution in [2.75, 3.05) is 25.5 Å². The van der Waals surface area contributed by atoms with Crippen molar-refractivity contribution in [2.45, 2.75) is 38.2 Å². The number of methoxy groups -OCH3 is 1. The topological polar surface area (TPSA) is 67.9 Å². The van der Waals surface area contributed by atoms with Gasteiger partial charge in [-0.25, -0.2) is 4.79 Å². The zero-order valence-corrected chi connectivity index (χ0v) is 13.9. The Hall–Kier alpha value is -2.24. The van der Waals surface area contributed by atoms with Crippen LogP contribution in [0.3, 0.4) is 0 Å². The van der Waals surface area contributed by atoms with Crippen LogP contribution in [0.15, 0.2) is 18.2 Å². The zero-order chi connectivity index (χ0) is 16.8. The number of benzene rings is 1. The van der Waals surface area contributed by atoms with E-state index >= 15 is 0 Å². The minimum atomic E-state index is -0.751. The lowest BCUT2D eigenvalue weighted by atomic mass is 9.80. The lowest BCUT2D eigenvalue weighted by molar-refractivity contribution is -0.120. The van der Waals surface area contributed by atoms with Crippen LogP contribution in [0.4, 0.5) is 10.5 Å². The molecule has 0 aliphatic carbocycles. The van der Waals surface area contributed by atoms with E-state index in [-0.39, 0.29) is 12.0 Å². The summed E-state index contributed by atoms with van der Waals surface area (Å²) in [5.41, 5.74) is 0.304. The number of fused-ring (bicyclic) bond motifs is 2. The van der Waals surface area contributed by atoms with Crippen molar-refractivity contribution >= 4 is 17.7 Å². The van der Waals surface area contributed by atoms with Gasteiger partial charge in [0.1, 0.15) is 11.4 Å². The van der Waals surface area contributed by atoms with E-state index in [0.29, 0.717) is 25.3 Å². The van der Waals surface area contributed by atoms with E-state index < -0.39 is 11.0 Å². The molecule has 1 fully saturated rings. The summed E-state index contributed by atoms with van der Waals surface area (Å²) in [4.78, 5) is 26.5. The third kappa shape index (κ3) is 2.52. The van der Waals surface area contributed by atoms with Crippen LogP contribution >= 0.6 is 0 Å². The molecule has 3 rings (SSSR count). The largest absolute Gasteiger partial charge is 0.496 e. The molecule has 1 aromatic carbocycles. The maximum absolute atomic E-state index is 12.6. The quantitative estimate of drug-likeness (QED) is 0.864. The Morgan fingerprint density at radius 3 is 2.74 bits per heavy atom. The molecule has 0 saturated carbocycles. The Bertz CT molecular complexity index is 665. The van der Waals surface area contributed by atoms with Gasteiger partial charge in [-0.05, 0) is 39.3 Å². The van der Waals surface area contributed by atoms with E-state index in [4.69, 9.17) is 9.47 Å². The van der Waals surface area contributed by atoms with Gasteiger partial charge in [-0.3, -0.25) is 4.79 Å². The van der Waals surface area contributed by atoms with Crippen LogP contribution in [0.25, 0.3) is 0 Å². The van der Waals surface area contributed by atoms with Crippen molar-refractivity contribution in [1.29, 1.82) is 0 Å². The Balaban J connectivity index is 1.91. The van der Waals surface area contributed by atoms with Crippen LogP contribution in [0.5, 0.6) is 5.75 Å². The number of rotatable bonds is 1. The molecule has 1 N–H and O–H groups in total. The third-order valence-corrected chi connectivity index (χ3v) is 4.33. The van der Waals surface area contributed by atoms with Crippen LogP contribution in [0.2, 0.25) is 0 Å². The molecule has 1 saturated heterocycles. The molecule has 1 atom stereocenters. The summed E-state index contributed by atoms with van der Waals surface area (Å²) in [5, 5.41) is 2.91. The molecule has 1 aromatic rings. The monoisotopic (exact) mass is 318 g/mol. The zero-order valence-electron chi connectivity index (χ0n) is 13.9. The summed E-state index contributed by atoms with van der Waals surface area (Å²) in [5.74, 6) is 0.593. The Kier molecular flexibility index (Phi) is 3.50. The predicted molar refractivity (Wildman–Crippen MR) is 85.7 cm³/mol. The van der Waals surface area contributed by atoms with Crippen LogP contribution in [0.1, 0.15) is 32.8 Å². The molecule has 23 heavy (non-hydrogen) atoms. The van der Waals surface area contributed by atoms with Gasteiger partial charge in [0.25, 0.3) is 0 Å². The molecule has 1 spiro atoms. The SMILES string of the molecule is COc1cccc2c1[C@@]1(CCN(C(=O)OC(C)(C)C)C1)C(=O)N2. The van der Waals surface area contributed by atoms with Gasteiger partial charge in [-0.15, -0.1) is 0 Å². The van der Waals surface area contributed by atoms with Gasteiger partial charge in [-0.1, -0.05) is 6.07 Å². The lowest BCUT2D eigenvalue weighted by Gasteiger charge is -2.26. The van der Waals surface area contributed by atoms with Crippen molar-refractivity contribution < 1.29 is 19.1 Å². The molecule has 124 valence electrons. The second-order valence-electron chi connectivity index (χ2n) is 7.07. The number of anilines is 1. The van der Waals surface area contributed by atoms with E-state index in [1.165, 1.54) is 0 Å². The van der Waals surface area contributed by atoms with Gasteiger partial charge in [0, 0.05) is 24.3 Å². The number of hydrogen-bond acceptors (Lipinski definition) is 4. The second kappa shape index (κ2) is 5.15. The summed E-state index contributed by atoms with van der Waals surface area (Å²) in [6.07, 6.45) is 0.177. The van der Waals surface area contributed by atoms with Crippen molar-refractivity contribution in [3.05, 3.63) is 23.8 Å². The number of nitrogens with one attached hydrogen (secondary N) is 1. The fourth-order valence-electron chi connectivity index (χ4n) is 3.34. The number of amides is 2. The second-order valence-corrected chi connectivity index (χ2v) is 7.07. The van der Waals surface area contributed by atoms with Crippen molar-refractivity contribution in [2.24, 2.45) is 0 Å². The number of carbonyl (C=O) groups excluding carboxylic acids is 2. The summed E-state index contributed by atoms with van der Waals surface area (Å²) in [6, 6.07) is 5.55. The summed E-state index contributed by atoms with van der Waals surface area (Å²) < 4.78 is 10.9. The first-order valence-electron chi connectivity index (χ1n) is 7.74. The molecule has 0 unspecified atom stereocenters. The molecule has 2 aliphatic rings. The minimum absolute atomic E-state index is 0.0805. The van der Waals surface area contributed by atoms with E-state index in [0.717, 1.165) is 11.3 Å². The number of nitrogens with zero attached hydrogens (tertiary/aromatic N) is 1. The average Bonchev–Trinajstić information content (AvgIpc) is 3.02. The standard InChI is InChI=1S/C17H22N2O4/c1-16(2,3)23-15(21)19-9-8-17(10-19)13-11(18-14(17)20)6-5-7-12(13)22-4/h5-7H,8-10H2,1-4H3,(H,18,20)/t17-/m0/s1. The number of likely N-dealkylation sites (tertiary alicyclic amines) is 1. The molecule has 6 heteroatoms. The molecule has 0 aromatic heterocycles. The maximum Gasteiger partial charge on any atom is 0.410 e. The fourth-order valence-corrected chi connectivity index (χ4v) is 3.34. The average molecular weight is 318 g/mol. The van der Waals surface area contributed by atoms with Gasteiger partial charge < -0.3 is 19.7 Å². The molecule has 6 nitrogen and oxygen atoms in total. The van der Waals surface area contributed by atoms with Crippen molar-refractivity contribution in [3.63, 3.8) is 0 Å². The number of hydrogen-bond donors (Lipinski definition) is 1. The van der Waals surface area contributed by atoms with E-state index in [2.05, 4.69) is 5.32 Å². The highest BCUT2D eigenvalue weighted by molar-refractivity contribution is 6.08. The van der Waals surface area contributed by atoms with Gasteiger partial charge in [0.2, 0.25) is 5.91 Å². The van der Waals surface area contributed by atoms with Gasteiger partial charge >= 0.3 is 6.09 Å². The Morgan fingerprint density at radius 2 is 2.09 bits per heavy atom. The van der Waals surface area contributed by atoms with Crippen LogP contribution < -0.4 is 10.1 Å². The van der Waals surface area contributed by atoms with Gasteiger partial charge in [-0.2, -0.15) is 0 Å². The van der Waals surface area contributed by atoms with E-state index in [1.54, 1.807) is 12.0 Å². The van der Waals surface area contributed by atoms with E-state index in [9.17, 15) is 9.59 Å². The molecular formula is C17H22N2O4. The maximum atomic E-state index is 12.6. The number of carbonyl (C=O) groups is 2. The van der Waals surface area contributed by atoms with Crippen molar-refractivity contribution in [3.8, 4) is 5.75 Å². The highest BCUT2D eigenvalue weighted by atomic mass is 16.6. The van der Waals surface area contributed by atoms with Gasteiger partial charge in [0.05, 0.1) is 12.5 Å². The molecule has 0 bridgehead atoms. The van der Waals surface area contributed by atoms with Gasteiger partial charge in [0.15, 0.2) is 0 Å². The molecule has 2 aliphatic heterocycles. The van der Waals surface area contributed by atoms with Crippen molar-refractivity contribution in [1.82, 2.24) is 4.90 Å². The first kappa shape index (κ1) is 15.6. The minimum Gasteiger partial charge on any atom is -0.496 e. The predicted octanol–water partition coefficient (Wildman–Crippen LogP) is 2.53. The number of ether oxygens (including phenoxy) is 2. The van der Waals surface area contributed by atoms with Crippen LogP contribution in [-0.2, 0) is 14.9 Å². The summed E-state index contributed by atoms with van der Waals surface area (Å²) in [6.45, 7) is 6.28. The summed E-state index contributed by atoms with van der Waals surface area (Å²) in [7, 11) is 1.59. The van der Waals surface area contributed by atoms with E-state index in [1.807, 2.05) is 39.0 Å². The first-order chi connectivity index (χ1) is 10.8. The molecular weight excluding hydrogens is 296 g/mol. The smallest absolute Gasteiger partial charge is 0.410 e. The lowest BCUT2D eigenvalue weighted by Crippen LogP contribution is -2.41. The third-order valence-electron chi connectivity index (χ3n) is 4.33. The molecule has 2 heterocycles. The highest BCUT2D eigenvalue weighted by Gasteiger charge is 2.54. The Labute approximate surface area is 135 Å².